The molecular formula is C12H16N4O. The zero-order chi connectivity index (χ0) is 11.8. The van der Waals surface area contributed by atoms with E-state index in [0.717, 1.165) is 30.3 Å². The van der Waals surface area contributed by atoms with Crippen LogP contribution in [0.1, 0.15) is 19.3 Å². The van der Waals surface area contributed by atoms with Crippen molar-refractivity contribution in [1.29, 1.82) is 0 Å². The smallest absolute Gasteiger partial charge is 0.242 e. The molecule has 0 radical (unpaired) electrons. The monoisotopic (exact) mass is 232 g/mol. The lowest BCUT2D eigenvalue weighted by molar-refractivity contribution is 0.186. The Morgan fingerprint density at radius 3 is 3.06 bits per heavy atom. The summed E-state index contributed by atoms with van der Waals surface area (Å²) >= 11 is 0. The summed E-state index contributed by atoms with van der Waals surface area (Å²) in [5.74, 6) is 0.602. The third kappa shape index (κ3) is 1.76. The number of aromatic nitrogens is 3. The molecule has 2 aromatic rings. The van der Waals surface area contributed by atoms with Gasteiger partial charge in [-0.25, -0.2) is 9.97 Å². The fraction of sp³-hybridized carbons (Fsp3) is 0.500. The van der Waals surface area contributed by atoms with Gasteiger partial charge in [0.1, 0.15) is 6.10 Å². The number of hydrogen-bond donors (Lipinski definition) is 1. The normalized spacial score (nSPS) is 24.4. The first-order valence-corrected chi connectivity index (χ1v) is 5.94. The van der Waals surface area contributed by atoms with Crippen LogP contribution in [-0.2, 0) is 7.05 Å². The molecule has 0 bridgehead atoms. The van der Waals surface area contributed by atoms with Gasteiger partial charge in [-0.15, -0.1) is 0 Å². The van der Waals surface area contributed by atoms with Gasteiger partial charge in [-0.1, -0.05) is 0 Å². The van der Waals surface area contributed by atoms with E-state index in [2.05, 4.69) is 9.97 Å². The quantitative estimate of drug-likeness (QED) is 0.845. The molecule has 2 heterocycles. The van der Waals surface area contributed by atoms with Crippen LogP contribution >= 0.6 is 0 Å². The molecule has 5 nitrogen and oxygen atoms in total. The third-order valence-corrected chi connectivity index (χ3v) is 3.38. The second-order valence-electron chi connectivity index (χ2n) is 4.59. The van der Waals surface area contributed by atoms with Gasteiger partial charge in [0.05, 0.1) is 11.8 Å². The van der Waals surface area contributed by atoms with Crippen LogP contribution in [0.4, 0.5) is 0 Å². The molecule has 2 atom stereocenters. The number of hydrogen-bond acceptors (Lipinski definition) is 4. The number of fused-ring (bicyclic) bond motifs is 1. The third-order valence-electron chi connectivity index (χ3n) is 3.38. The number of pyridine rings is 1. The van der Waals surface area contributed by atoms with Gasteiger partial charge in [-0.2, -0.15) is 0 Å². The number of aryl methyl sites for hydroxylation is 1. The number of rotatable bonds is 2. The summed E-state index contributed by atoms with van der Waals surface area (Å²) in [6.07, 6.45) is 6.77. The van der Waals surface area contributed by atoms with Gasteiger partial charge in [0.25, 0.3) is 0 Å². The minimum atomic E-state index is 0.0788. The Bertz CT molecular complexity index is 536. The topological polar surface area (TPSA) is 66.0 Å². The SMILES string of the molecule is Cn1cnc2c(OC3CCCC3N)nccc21. The summed E-state index contributed by atoms with van der Waals surface area (Å²) in [5, 5.41) is 0. The predicted molar refractivity (Wildman–Crippen MR) is 64.8 cm³/mol. The van der Waals surface area contributed by atoms with Crippen molar-refractivity contribution in [3.63, 3.8) is 0 Å². The van der Waals surface area contributed by atoms with Crippen molar-refractivity contribution < 1.29 is 4.74 Å². The van der Waals surface area contributed by atoms with Crippen LogP contribution in [0.3, 0.4) is 0 Å². The molecule has 2 aromatic heterocycles. The Morgan fingerprint density at radius 2 is 2.29 bits per heavy atom. The van der Waals surface area contributed by atoms with E-state index in [0.29, 0.717) is 5.88 Å². The van der Waals surface area contributed by atoms with Crippen LogP contribution in [0.15, 0.2) is 18.6 Å². The van der Waals surface area contributed by atoms with Gasteiger partial charge in [0.15, 0.2) is 5.52 Å². The van der Waals surface area contributed by atoms with E-state index in [1.54, 1.807) is 12.5 Å². The molecule has 0 aromatic carbocycles. The van der Waals surface area contributed by atoms with E-state index in [1.807, 2.05) is 17.7 Å². The van der Waals surface area contributed by atoms with Gasteiger partial charge in [-0.05, 0) is 25.3 Å². The van der Waals surface area contributed by atoms with Crippen LogP contribution in [-0.4, -0.2) is 26.7 Å². The number of nitrogens with zero attached hydrogens (tertiary/aromatic N) is 3. The van der Waals surface area contributed by atoms with Gasteiger partial charge >= 0.3 is 0 Å². The zero-order valence-electron chi connectivity index (χ0n) is 9.84. The molecule has 90 valence electrons. The molecule has 2 unspecified atom stereocenters. The lowest BCUT2D eigenvalue weighted by Crippen LogP contribution is -2.33. The maximum atomic E-state index is 6.00. The molecule has 17 heavy (non-hydrogen) atoms. The molecule has 1 aliphatic carbocycles. The standard InChI is InChI=1S/C12H16N4O/c1-16-7-15-11-9(16)5-6-14-12(11)17-10-4-2-3-8(10)13/h5-8,10H,2-4,13H2,1H3. The Kier molecular flexibility index (Phi) is 2.48. The van der Waals surface area contributed by atoms with Crippen LogP contribution in [0, 0.1) is 0 Å². The van der Waals surface area contributed by atoms with Crippen molar-refractivity contribution >= 4 is 11.0 Å². The first-order valence-electron chi connectivity index (χ1n) is 5.94. The van der Waals surface area contributed by atoms with Gasteiger partial charge in [0, 0.05) is 19.3 Å². The average Bonchev–Trinajstić information content (AvgIpc) is 2.89. The molecule has 0 amide bonds. The molecule has 0 saturated heterocycles. The molecule has 1 saturated carbocycles. The van der Waals surface area contributed by atoms with Crippen LogP contribution in [0.25, 0.3) is 11.0 Å². The highest BCUT2D eigenvalue weighted by atomic mass is 16.5. The van der Waals surface area contributed by atoms with E-state index in [4.69, 9.17) is 10.5 Å². The minimum absolute atomic E-state index is 0.0788. The van der Waals surface area contributed by atoms with Crippen molar-refractivity contribution in [2.75, 3.05) is 0 Å². The number of nitrogens with two attached hydrogens (primary N) is 1. The van der Waals surface area contributed by atoms with E-state index in [9.17, 15) is 0 Å². The molecule has 0 aliphatic heterocycles. The molecule has 1 fully saturated rings. The first-order chi connectivity index (χ1) is 8.25. The Balaban J connectivity index is 1.94. The second kappa shape index (κ2) is 4.00. The summed E-state index contributed by atoms with van der Waals surface area (Å²) in [7, 11) is 1.96. The maximum Gasteiger partial charge on any atom is 0.242 e. The van der Waals surface area contributed by atoms with Gasteiger partial charge in [-0.3, -0.25) is 0 Å². The lowest BCUT2D eigenvalue weighted by atomic mass is 10.2. The van der Waals surface area contributed by atoms with E-state index in [-0.39, 0.29) is 12.1 Å². The highest BCUT2D eigenvalue weighted by Gasteiger charge is 2.26. The van der Waals surface area contributed by atoms with Crippen LogP contribution < -0.4 is 10.5 Å². The average molecular weight is 232 g/mol. The fourth-order valence-electron chi connectivity index (χ4n) is 2.37. The Morgan fingerprint density at radius 1 is 1.41 bits per heavy atom. The first kappa shape index (κ1) is 10.5. The van der Waals surface area contributed by atoms with Crippen molar-refractivity contribution in [3.05, 3.63) is 18.6 Å². The number of ether oxygens (including phenoxy) is 1. The molecule has 2 N–H and O–H groups in total. The minimum Gasteiger partial charge on any atom is -0.471 e. The van der Waals surface area contributed by atoms with Crippen molar-refractivity contribution in [1.82, 2.24) is 14.5 Å². The summed E-state index contributed by atoms with van der Waals surface area (Å²) in [4.78, 5) is 8.58. The van der Waals surface area contributed by atoms with Gasteiger partial charge < -0.3 is 15.0 Å². The van der Waals surface area contributed by atoms with Gasteiger partial charge in [0.2, 0.25) is 5.88 Å². The predicted octanol–water partition coefficient (Wildman–Crippen LogP) is 1.23. The summed E-state index contributed by atoms with van der Waals surface area (Å²) < 4.78 is 7.86. The highest BCUT2D eigenvalue weighted by molar-refractivity contribution is 5.79. The zero-order valence-corrected chi connectivity index (χ0v) is 9.84. The van der Waals surface area contributed by atoms with E-state index in [1.165, 1.54) is 0 Å². The van der Waals surface area contributed by atoms with Crippen molar-refractivity contribution in [2.45, 2.75) is 31.4 Å². The van der Waals surface area contributed by atoms with Crippen LogP contribution in [0.2, 0.25) is 0 Å². The summed E-state index contributed by atoms with van der Waals surface area (Å²) in [6.45, 7) is 0. The summed E-state index contributed by atoms with van der Waals surface area (Å²) in [5.41, 5.74) is 7.84. The summed E-state index contributed by atoms with van der Waals surface area (Å²) in [6, 6.07) is 2.06. The number of imidazole rings is 1. The maximum absolute atomic E-state index is 6.00. The van der Waals surface area contributed by atoms with Crippen molar-refractivity contribution in [2.24, 2.45) is 12.8 Å². The van der Waals surface area contributed by atoms with E-state index >= 15 is 0 Å². The Labute approximate surface area is 99.6 Å². The molecule has 0 spiro atoms. The van der Waals surface area contributed by atoms with Crippen molar-refractivity contribution in [3.8, 4) is 5.88 Å². The fourth-order valence-corrected chi connectivity index (χ4v) is 2.37. The molecule has 5 heteroatoms. The molecular weight excluding hydrogens is 216 g/mol. The molecule has 3 rings (SSSR count). The molecule has 1 aliphatic rings. The largest absolute Gasteiger partial charge is 0.471 e. The Hall–Kier alpha value is -1.62. The van der Waals surface area contributed by atoms with Crippen LogP contribution in [0.5, 0.6) is 5.88 Å². The van der Waals surface area contributed by atoms with E-state index < -0.39 is 0 Å². The second-order valence-corrected chi connectivity index (χ2v) is 4.59. The highest BCUT2D eigenvalue weighted by Crippen LogP contribution is 2.26. The lowest BCUT2D eigenvalue weighted by Gasteiger charge is -2.16.